The molecular formula is C16H20N2O. The molecule has 0 amide bonds. The Bertz CT molecular complexity index is 499. The third-order valence-corrected chi connectivity index (χ3v) is 3.18. The number of nitrogen functional groups attached to an aromatic ring is 1. The van der Waals surface area contributed by atoms with Crippen LogP contribution in [-0.2, 0) is 13.0 Å². The fraction of sp³-hybridized carbons (Fsp3) is 0.250. The molecule has 0 spiro atoms. The number of aliphatic hydroxyl groups is 1. The molecule has 0 radical (unpaired) electrons. The van der Waals surface area contributed by atoms with Crippen molar-refractivity contribution in [3.63, 3.8) is 0 Å². The SMILES string of the molecule is Nc1ccccc1CNC(CO)Cc1ccccc1. The highest BCUT2D eigenvalue weighted by atomic mass is 16.3. The molecule has 1 atom stereocenters. The Labute approximate surface area is 114 Å². The van der Waals surface area contributed by atoms with E-state index in [0.717, 1.165) is 17.7 Å². The maximum Gasteiger partial charge on any atom is 0.0587 e. The first kappa shape index (κ1) is 13.6. The third kappa shape index (κ3) is 4.09. The van der Waals surface area contributed by atoms with Gasteiger partial charge in [0, 0.05) is 18.3 Å². The predicted octanol–water partition coefficient (Wildman–Crippen LogP) is 1.96. The molecule has 0 aliphatic heterocycles. The second kappa shape index (κ2) is 6.92. The zero-order chi connectivity index (χ0) is 13.5. The van der Waals surface area contributed by atoms with Gasteiger partial charge in [-0.1, -0.05) is 48.5 Å². The second-order valence-electron chi connectivity index (χ2n) is 4.65. The van der Waals surface area contributed by atoms with Gasteiger partial charge in [0.15, 0.2) is 0 Å². The van der Waals surface area contributed by atoms with Crippen molar-refractivity contribution in [3.05, 3.63) is 65.7 Å². The van der Waals surface area contributed by atoms with Gasteiger partial charge in [0.25, 0.3) is 0 Å². The Morgan fingerprint density at radius 2 is 1.68 bits per heavy atom. The largest absolute Gasteiger partial charge is 0.398 e. The molecule has 4 N–H and O–H groups in total. The zero-order valence-corrected chi connectivity index (χ0v) is 10.9. The number of aliphatic hydroxyl groups excluding tert-OH is 1. The maximum atomic E-state index is 9.44. The Hall–Kier alpha value is -1.84. The fourth-order valence-electron chi connectivity index (χ4n) is 2.05. The summed E-state index contributed by atoms with van der Waals surface area (Å²) in [6.45, 7) is 0.784. The zero-order valence-electron chi connectivity index (χ0n) is 10.9. The molecule has 19 heavy (non-hydrogen) atoms. The predicted molar refractivity (Wildman–Crippen MR) is 78.7 cm³/mol. The van der Waals surface area contributed by atoms with E-state index < -0.39 is 0 Å². The summed E-state index contributed by atoms with van der Waals surface area (Å²) in [5.74, 6) is 0. The molecule has 2 aromatic carbocycles. The lowest BCUT2D eigenvalue weighted by molar-refractivity contribution is 0.241. The normalized spacial score (nSPS) is 12.3. The monoisotopic (exact) mass is 256 g/mol. The van der Waals surface area contributed by atoms with Gasteiger partial charge < -0.3 is 16.2 Å². The van der Waals surface area contributed by atoms with Crippen LogP contribution in [0.15, 0.2) is 54.6 Å². The van der Waals surface area contributed by atoms with Crippen LogP contribution in [0.5, 0.6) is 0 Å². The molecule has 0 aliphatic rings. The van der Waals surface area contributed by atoms with Gasteiger partial charge in [-0.3, -0.25) is 0 Å². The van der Waals surface area contributed by atoms with E-state index >= 15 is 0 Å². The molecular weight excluding hydrogens is 236 g/mol. The molecule has 3 heteroatoms. The molecule has 0 saturated carbocycles. The molecule has 0 saturated heterocycles. The summed E-state index contributed by atoms with van der Waals surface area (Å²) < 4.78 is 0. The average Bonchev–Trinajstić information content (AvgIpc) is 2.46. The molecule has 0 aromatic heterocycles. The van der Waals surface area contributed by atoms with Crippen molar-refractivity contribution in [2.75, 3.05) is 12.3 Å². The molecule has 0 bridgehead atoms. The number of benzene rings is 2. The summed E-state index contributed by atoms with van der Waals surface area (Å²) in [4.78, 5) is 0. The van der Waals surface area contributed by atoms with Gasteiger partial charge >= 0.3 is 0 Å². The molecule has 2 aromatic rings. The van der Waals surface area contributed by atoms with Crippen molar-refractivity contribution in [1.29, 1.82) is 0 Å². The summed E-state index contributed by atoms with van der Waals surface area (Å²) in [6.07, 6.45) is 0.810. The molecule has 0 fully saturated rings. The van der Waals surface area contributed by atoms with E-state index in [1.165, 1.54) is 5.56 Å². The van der Waals surface area contributed by atoms with Crippen molar-refractivity contribution < 1.29 is 5.11 Å². The van der Waals surface area contributed by atoms with Crippen LogP contribution in [0.3, 0.4) is 0 Å². The number of hydrogen-bond donors (Lipinski definition) is 3. The van der Waals surface area contributed by atoms with Crippen LogP contribution in [0.4, 0.5) is 5.69 Å². The van der Waals surface area contributed by atoms with Gasteiger partial charge in [-0.05, 0) is 23.6 Å². The van der Waals surface area contributed by atoms with Gasteiger partial charge in [-0.15, -0.1) is 0 Å². The molecule has 0 heterocycles. The van der Waals surface area contributed by atoms with E-state index in [1.54, 1.807) is 0 Å². The molecule has 100 valence electrons. The Balaban J connectivity index is 1.91. The van der Waals surface area contributed by atoms with E-state index in [-0.39, 0.29) is 12.6 Å². The van der Waals surface area contributed by atoms with Gasteiger partial charge in [0.2, 0.25) is 0 Å². The molecule has 1 unspecified atom stereocenters. The Morgan fingerprint density at radius 3 is 2.37 bits per heavy atom. The van der Waals surface area contributed by atoms with Crippen molar-refractivity contribution in [3.8, 4) is 0 Å². The van der Waals surface area contributed by atoms with Crippen LogP contribution in [0.2, 0.25) is 0 Å². The first-order valence-electron chi connectivity index (χ1n) is 6.51. The highest BCUT2D eigenvalue weighted by Crippen LogP contribution is 2.10. The van der Waals surface area contributed by atoms with Crippen LogP contribution in [0.1, 0.15) is 11.1 Å². The quantitative estimate of drug-likeness (QED) is 0.692. The number of nitrogens with one attached hydrogen (secondary N) is 1. The van der Waals surface area contributed by atoms with Gasteiger partial charge in [0.05, 0.1) is 6.61 Å². The van der Waals surface area contributed by atoms with E-state index in [0.29, 0.717) is 6.54 Å². The standard InChI is InChI=1S/C16H20N2O/c17-16-9-5-4-8-14(16)11-18-15(12-19)10-13-6-2-1-3-7-13/h1-9,15,18-19H,10-12,17H2. The third-order valence-electron chi connectivity index (χ3n) is 3.18. The van der Waals surface area contributed by atoms with E-state index in [4.69, 9.17) is 5.73 Å². The van der Waals surface area contributed by atoms with Gasteiger partial charge in [-0.25, -0.2) is 0 Å². The van der Waals surface area contributed by atoms with E-state index in [9.17, 15) is 5.11 Å². The van der Waals surface area contributed by atoms with Crippen LogP contribution in [0, 0.1) is 0 Å². The first-order valence-corrected chi connectivity index (χ1v) is 6.51. The van der Waals surface area contributed by atoms with Crippen LogP contribution in [0.25, 0.3) is 0 Å². The number of para-hydroxylation sites is 1. The minimum Gasteiger partial charge on any atom is -0.398 e. The van der Waals surface area contributed by atoms with Crippen LogP contribution < -0.4 is 11.1 Å². The lowest BCUT2D eigenvalue weighted by Crippen LogP contribution is -2.34. The lowest BCUT2D eigenvalue weighted by atomic mass is 10.1. The highest BCUT2D eigenvalue weighted by molar-refractivity contribution is 5.46. The summed E-state index contributed by atoms with van der Waals surface area (Å²) in [5, 5.41) is 12.8. The maximum absolute atomic E-state index is 9.44. The van der Waals surface area contributed by atoms with Crippen molar-refractivity contribution in [2.45, 2.75) is 19.0 Å². The lowest BCUT2D eigenvalue weighted by Gasteiger charge is -2.17. The summed E-state index contributed by atoms with van der Waals surface area (Å²) in [6, 6.07) is 18.0. The average molecular weight is 256 g/mol. The minimum atomic E-state index is 0.0435. The number of nitrogens with two attached hydrogens (primary N) is 1. The van der Waals surface area contributed by atoms with E-state index in [1.807, 2.05) is 42.5 Å². The molecule has 2 rings (SSSR count). The number of anilines is 1. The second-order valence-corrected chi connectivity index (χ2v) is 4.65. The number of rotatable bonds is 6. The molecule has 0 aliphatic carbocycles. The fourth-order valence-corrected chi connectivity index (χ4v) is 2.05. The van der Waals surface area contributed by atoms with Crippen LogP contribution in [-0.4, -0.2) is 17.8 Å². The highest BCUT2D eigenvalue weighted by Gasteiger charge is 2.08. The Kier molecular flexibility index (Phi) is 4.95. The molecule has 3 nitrogen and oxygen atoms in total. The van der Waals surface area contributed by atoms with Crippen molar-refractivity contribution in [1.82, 2.24) is 5.32 Å². The van der Waals surface area contributed by atoms with Gasteiger partial charge in [0.1, 0.15) is 0 Å². The smallest absolute Gasteiger partial charge is 0.0587 e. The topological polar surface area (TPSA) is 58.3 Å². The minimum absolute atomic E-state index is 0.0435. The summed E-state index contributed by atoms with van der Waals surface area (Å²) >= 11 is 0. The van der Waals surface area contributed by atoms with Crippen LogP contribution >= 0.6 is 0 Å². The summed E-state index contributed by atoms with van der Waals surface area (Å²) in [5.41, 5.74) is 8.96. The number of hydrogen-bond acceptors (Lipinski definition) is 3. The van der Waals surface area contributed by atoms with Gasteiger partial charge in [-0.2, -0.15) is 0 Å². The first-order chi connectivity index (χ1) is 9.29. The summed E-state index contributed by atoms with van der Waals surface area (Å²) in [7, 11) is 0. The van der Waals surface area contributed by atoms with Crippen molar-refractivity contribution >= 4 is 5.69 Å². The Morgan fingerprint density at radius 1 is 1.00 bits per heavy atom. The van der Waals surface area contributed by atoms with Crippen molar-refractivity contribution in [2.24, 2.45) is 0 Å². The van der Waals surface area contributed by atoms with E-state index in [2.05, 4.69) is 17.4 Å².